The lowest BCUT2D eigenvalue weighted by Crippen LogP contribution is -2.57. The molecule has 2 rings (SSSR count). The fourth-order valence-corrected chi connectivity index (χ4v) is 2.24. The Kier molecular flexibility index (Phi) is 3.11. The van der Waals surface area contributed by atoms with Gasteiger partial charge in [0.05, 0.1) is 5.92 Å². The van der Waals surface area contributed by atoms with Gasteiger partial charge in [0.2, 0.25) is 11.8 Å². The van der Waals surface area contributed by atoms with Crippen LogP contribution in [-0.4, -0.2) is 47.9 Å². The van der Waals surface area contributed by atoms with Crippen molar-refractivity contribution < 1.29 is 9.59 Å². The minimum atomic E-state index is -0.305. The van der Waals surface area contributed by atoms with Crippen LogP contribution in [-0.2, 0) is 9.59 Å². The molecule has 4 N–H and O–H groups in total. The van der Waals surface area contributed by atoms with Gasteiger partial charge in [-0.3, -0.25) is 15.4 Å². The van der Waals surface area contributed by atoms with Crippen LogP contribution in [0.25, 0.3) is 0 Å². The van der Waals surface area contributed by atoms with Gasteiger partial charge in [-0.15, -0.1) is 0 Å². The number of carbonyl (C=O) groups is 2. The first-order valence-corrected chi connectivity index (χ1v) is 5.65. The molecule has 2 heterocycles. The predicted octanol–water partition coefficient (Wildman–Crippen LogP) is -1.48. The Bertz CT molecular complexity index is 293. The fraction of sp³-hybridized carbons (Fsp3) is 0.800. The maximum Gasteiger partial charge on any atom is 0.225 e. The Hall–Kier alpha value is -1.14. The van der Waals surface area contributed by atoms with Gasteiger partial charge < -0.3 is 10.6 Å². The van der Waals surface area contributed by atoms with E-state index in [2.05, 4.69) is 0 Å². The van der Waals surface area contributed by atoms with Crippen LogP contribution < -0.4 is 11.6 Å². The van der Waals surface area contributed by atoms with Crippen LogP contribution in [0.15, 0.2) is 0 Å². The molecule has 2 aliphatic heterocycles. The van der Waals surface area contributed by atoms with E-state index in [4.69, 9.17) is 11.6 Å². The molecule has 0 radical (unpaired) electrons. The number of amides is 2. The molecular weight excluding hydrogens is 208 g/mol. The first kappa shape index (κ1) is 11.3. The number of carbonyl (C=O) groups excluding carboxylic acids is 2. The number of piperidine rings is 1. The van der Waals surface area contributed by atoms with E-state index in [0.717, 1.165) is 25.9 Å². The molecule has 2 aliphatic rings. The highest BCUT2D eigenvalue weighted by Gasteiger charge is 2.37. The van der Waals surface area contributed by atoms with Crippen molar-refractivity contribution in [1.82, 2.24) is 9.91 Å². The molecule has 6 heteroatoms. The summed E-state index contributed by atoms with van der Waals surface area (Å²) in [6, 6.07) is 0. The van der Waals surface area contributed by atoms with Gasteiger partial charge in [0.15, 0.2) is 0 Å². The zero-order valence-corrected chi connectivity index (χ0v) is 9.26. The van der Waals surface area contributed by atoms with Crippen molar-refractivity contribution in [3.05, 3.63) is 0 Å². The van der Waals surface area contributed by atoms with Crippen LogP contribution in [0.1, 0.15) is 12.8 Å². The number of likely N-dealkylation sites (tertiary alicyclic amines) is 1. The third-order valence-corrected chi connectivity index (χ3v) is 3.47. The Labute approximate surface area is 94.5 Å². The lowest BCUT2D eigenvalue weighted by atomic mass is 9.92. The zero-order valence-electron chi connectivity index (χ0n) is 9.26. The molecule has 0 aromatic carbocycles. The number of nitrogens with zero attached hydrogens (tertiary/aromatic N) is 2. The quantitative estimate of drug-likeness (QED) is 0.561. The molecule has 0 aromatic heterocycles. The second-order valence-corrected chi connectivity index (χ2v) is 4.65. The average molecular weight is 226 g/mol. The molecule has 16 heavy (non-hydrogen) atoms. The molecule has 0 bridgehead atoms. The summed E-state index contributed by atoms with van der Waals surface area (Å²) in [5.41, 5.74) is 5.16. The van der Waals surface area contributed by atoms with Crippen LogP contribution in [0.5, 0.6) is 0 Å². The molecule has 0 aromatic rings. The first-order chi connectivity index (χ1) is 7.58. The van der Waals surface area contributed by atoms with Gasteiger partial charge >= 0.3 is 0 Å². The summed E-state index contributed by atoms with van der Waals surface area (Å²) in [7, 11) is 0. The summed E-state index contributed by atoms with van der Waals surface area (Å²) in [6.45, 7) is 2.53. The van der Waals surface area contributed by atoms with Gasteiger partial charge in [0, 0.05) is 32.1 Å². The van der Waals surface area contributed by atoms with Gasteiger partial charge in [-0.2, -0.15) is 0 Å². The number of primary amides is 1. The Morgan fingerprint density at radius 3 is 2.12 bits per heavy atom. The maximum absolute atomic E-state index is 12.0. The van der Waals surface area contributed by atoms with E-state index in [1.807, 2.05) is 0 Å². The van der Waals surface area contributed by atoms with E-state index in [1.165, 1.54) is 0 Å². The third-order valence-electron chi connectivity index (χ3n) is 3.47. The lowest BCUT2D eigenvalue weighted by molar-refractivity contribution is -0.146. The number of hydrogen-bond donors (Lipinski definition) is 2. The fourth-order valence-electron chi connectivity index (χ4n) is 2.24. The van der Waals surface area contributed by atoms with Crippen LogP contribution in [0.4, 0.5) is 0 Å². The Balaban J connectivity index is 1.79. The third kappa shape index (κ3) is 2.17. The monoisotopic (exact) mass is 226 g/mol. The van der Waals surface area contributed by atoms with Crippen molar-refractivity contribution in [2.45, 2.75) is 12.8 Å². The molecule has 0 aliphatic carbocycles. The summed E-state index contributed by atoms with van der Waals surface area (Å²) < 4.78 is 0. The molecule has 2 fully saturated rings. The van der Waals surface area contributed by atoms with Gasteiger partial charge in [0.25, 0.3) is 0 Å². The average Bonchev–Trinajstić information content (AvgIpc) is 2.15. The molecule has 0 atom stereocenters. The molecule has 0 saturated carbocycles. The van der Waals surface area contributed by atoms with Crippen LogP contribution >= 0.6 is 0 Å². The van der Waals surface area contributed by atoms with E-state index in [1.54, 1.807) is 9.91 Å². The SMILES string of the molecule is NC(=O)C1CN(C(=O)C2CCN(N)CC2)C1. The maximum atomic E-state index is 12.0. The molecule has 0 unspecified atom stereocenters. The van der Waals surface area contributed by atoms with E-state index in [-0.39, 0.29) is 23.7 Å². The molecule has 90 valence electrons. The predicted molar refractivity (Wildman–Crippen MR) is 57.7 cm³/mol. The van der Waals surface area contributed by atoms with Crippen molar-refractivity contribution in [1.29, 1.82) is 0 Å². The zero-order chi connectivity index (χ0) is 11.7. The highest BCUT2D eigenvalue weighted by atomic mass is 16.2. The number of rotatable bonds is 2. The molecular formula is C10H18N4O2. The van der Waals surface area contributed by atoms with E-state index < -0.39 is 0 Å². The normalized spacial score (nSPS) is 24.2. The van der Waals surface area contributed by atoms with Gasteiger partial charge in [-0.1, -0.05) is 0 Å². The second-order valence-electron chi connectivity index (χ2n) is 4.65. The second kappa shape index (κ2) is 4.39. The van der Waals surface area contributed by atoms with E-state index in [9.17, 15) is 9.59 Å². The minimum Gasteiger partial charge on any atom is -0.369 e. The number of nitrogens with two attached hydrogens (primary N) is 2. The topological polar surface area (TPSA) is 92.7 Å². The highest BCUT2D eigenvalue weighted by molar-refractivity contribution is 5.84. The smallest absolute Gasteiger partial charge is 0.225 e. The lowest BCUT2D eigenvalue weighted by Gasteiger charge is -2.40. The van der Waals surface area contributed by atoms with Crippen LogP contribution in [0.3, 0.4) is 0 Å². The number of hydrogen-bond acceptors (Lipinski definition) is 4. The molecule has 2 amide bonds. The summed E-state index contributed by atoms with van der Waals surface area (Å²) in [4.78, 5) is 24.5. The van der Waals surface area contributed by atoms with Gasteiger partial charge in [-0.05, 0) is 12.8 Å². The standard InChI is InChI=1S/C10H18N4O2/c11-9(15)8-5-13(6-8)10(16)7-1-3-14(12)4-2-7/h7-8H,1-6,12H2,(H2,11,15). The Morgan fingerprint density at radius 2 is 1.62 bits per heavy atom. The first-order valence-electron chi connectivity index (χ1n) is 5.65. The Morgan fingerprint density at radius 1 is 1.06 bits per heavy atom. The summed E-state index contributed by atoms with van der Waals surface area (Å²) >= 11 is 0. The molecule has 6 nitrogen and oxygen atoms in total. The minimum absolute atomic E-state index is 0.0774. The summed E-state index contributed by atoms with van der Waals surface area (Å²) in [6.07, 6.45) is 1.63. The van der Waals surface area contributed by atoms with Gasteiger partial charge in [-0.25, -0.2) is 5.01 Å². The van der Waals surface area contributed by atoms with Crippen molar-refractivity contribution in [2.75, 3.05) is 26.2 Å². The van der Waals surface area contributed by atoms with E-state index >= 15 is 0 Å². The summed E-state index contributed by atoms with van der Waals surface area (Å²) in [5, 5.41) is 1.74. The highest BCUT2D eigenvalue weighted by Crippen LogP contribution is 2.23. The van der Waals surface area contributed by atoms with Crippen molar-refractivity contribution in [3.8, 4) is 0 Å². The van der Waals surface area contributed by atoms with Gasteiger partial charge in [0.1, 0.15) is 0 Å². The summed E-state index contributed by atoms with van der Waals surface area (Å²) in [5.74, 6) is 5.42. The number of hydrazine groups is 1. The van der Waals surface area contributed by atoms with Crippen LogP contribution in [0.2, 0.25) is 0 Å². The van der Waals surface area contributed by atoms with Crippen molar-refractivity contribution >= 4 is 11.8 Å². The molecule has 2 saturated heterocycles. The van der Waals surface area contributed by atoms with E-state index in [0.29, 0.717) is 13.1 Å². The molecule has 0 spiro atoms. The van der Waals surface area contributed by atoms with Crippen molar-refractivity contribution in [2.24, 2.45) is 23.4 Å². The van der Waals surface area contributed by atoms with Crippen LogP contribution in [0, 0.1) is 11.8 Å². The van der Waals surface area contributed by atoms with Crippen molar-refractivity contribution in [3.63, 3.8) is 0 Å². The largest absolute Gasteiger partial charge is 0.369 e.